The Balaban J connectivity index is 2.58. The summed E-state index contributed by atoms with van der Waals surface area (Å²) in [5.74, 6) is 0. The van der Waals surface area contributed by atoms with E-state index in [1.54, 1.807) is 0 Å². The average Bonchev–Trinajstić information content (AvgIpc) is 2.49. The summed E-state index contributed by atoms with van der Waals surface area (Å²) in [6, 6.07) is 2.11. The monoisotopic (exact) mass is 238 g/mol. The van der Waals surface area contributed by atoms with Gasteiger partial charge in [-0.05, 0) is 34.0 Å². The fraction of sp³-hybridized carbons (Fsp3) is 0.300. The third-order valence-corrected chi connectivity index (χ3v) is 2.54. The summed E-state index contributed by atoms with van der Waals surface area (Å²) in [6.45, 7) is 2.18. The first-order valence-electron chi connectivity index (χ1n) is 4.42. The van der Waals surface area contributed by atoms with Crippen molar-refractivity contribution in [2.45, 2.75) is 19.8 Å². The van der Waals surface area contributed by atoms with Gasteiger partial charge >= 0.3 is 0 Å². The maximum Gasteiger partial charge on any atom is 0.137 e. The van der Waals surface area contributed by atoms with Gasteiger partial charge in [0.05, 0.1) is 0 Å². The van der Waals surface area contributed by atoms with Gasteiger partial charge in [0, 0.05) is 22.3 Å². The molecule has 2 aromatic rings. The topological polar surface area (TPSA) is 28.7 Å². The van der Waals surface area contributed by atoms with Crippen molar-refractivity contribution in [3.8, 4) is 0 Å². The quantitative estimate of drug-likeness (QED) is 0.855. The molecule has 68 valence electrons. The number of hydrogen-bond acceptors (Lipinski definition) is 1. The Bertz CT molecular complexity index is 420. The average molecular weight is 239 g/mol. The number of pyridine rings is 1. The van der Waals surface area contributed by atoms with Crippen LogP contribution in [0.15, 0.2) is 22.9 Å². The molecule has 1 N–H and O–H groups in total. The van der Waals surface area contributed by atoms with Crippen molar-refractivity contribution in [3.05, 3.63) is 28.5 Å². The molecule has 0 aliphatic rings. The van der Waals surface area contributed by atoms with Gasteiger partial charge in [-0.1, -0.05) is 13.3 Å². The van der Waals surface area contributed by atoms with E-state index in [0.717, 1.165) is 16.5 Å². The van der Waals surface area contributed by atoms with Crippen LogP contribution in [0.2, 0.25) is 0 Å². The molecule has 2 heterocycles. The molecule has 3 heteroatoms. The van der Waals surface area contributed by atoms with Crippen molar-refractivity contribution in [3.63, 3.8) is 0 Å². The van der Waals surface area contributed by atoms with Crippen LogP contribution in [0, 0.1) is 0 Å². The number of aromatic nitrogens is 2. The molecule has 0 saturated carbocycles. The van der Waals surface area contributed by atoms with Gasteiger partial charge in [0.2, 0.25) is 0 Å². The molecule has 0 spiro atoms. The fourth-order valence-corrected chi connectivity index (χ4v) is 1.84. The summed E-state index contributed by atoms with van der Waals surface area (Å²) in [7, 11) is 0. The molecule has 0 amide bonds. The summed E-state index contributed by atoms with van der Waals surface area (Å²) in [4.78, 5) is 7.45. The normalized spacial score (nSPS) is 10.9. The third kappa shape index (κ3) is 1.61. The number of aromatic amines is 1. The predicted octanol–water partition coefficient (Wildman–Crippen LogP) is 3.28. The van der Waals surface area contributed by atoms with E-state index >= 15 is 0 Å². The number of nitrogens with one attached hydrogen (secondary N) is 1. The van der Waals surface area contributed by atoms with Gasteiger partial charge in [-0.25, -0.2) is 4.98 Å². The summed E-state index contributed by atoms with van der Waals surface area (Å²) >= 11 is 3.43. The lowest BCUT2D eigenvalue weighted by Gasteiger charge is -1.95. The Kier molecular flexibility index (Phi) is 2.36. The molecule has 0 radical (unpaired) electrons. The zero-order valence-corrected chi connectivity index (χ0v) is 9.06. The van der Waals surface area contributed by atoms with Crippen LogP contribution in [-0.2, 0) is 6.42 Å². The maximum atomic E-state index is 4.28. The smallest absolute Gasteiger partial charge is 0.137 e. The summed E-state index contributed by atoms with van der Waals surface area (Å²) in [6.07, 6.45) is 6.14. The first kappa shape index (κ1) is 8.75. The molecule has 0 aliphatic heterocycles. The zero-order chi connectivity index (χ0) is 9.26. The maximum absolute atomic E-state index is 4.28. The van der Waals surface area contributed by atoms with E-state index in [2.05, 4.69) is 38.9 Å². The molecule has 2 nitrogen and oxygen atoms in total. The molecule has 0 bridgehead atoms. The molecule has 2 rings (SSSR count). The lowest BCUT2D eigenvalue weighted by molar-refractivity contribution is 0.929. The van der Waals surface area contributed by atoms with Crippen LogP contribution in [-0.4, -0.2) is 9.97 Å². The molecule has 0 aromatic carbocycles. The minimum atomic E-state index is 0.978. The highest BCUT2D eigenvalue weighted by atomic mass is 79.9. The second-order valence-corrected chi connectivity index (χ2v) is 4.03. The van der Waals surface area contributed by atoms with Gasteiger partial charge in [0.15, 0.2) is 0 Å². The number of nitrogens with zero attached hydrogens (tertiary/aromatic N) is 1. The summed E-state index contributed by atoms with van der Waals surface area (Å²) in [5.41, 5.74) is 2.33. The second-order valence-electron chi connectivity index (χ2n) is 3.11. The highest BCUT2D eigenvalue weighted by Gasteiger charge is 2.03. The number of rotatable bonds is 2. The van der Waals surface area contributed by atoms with E-state index in [1.807, 2.05) is 12.4 Å². The Hall–Kier alpha value is -0.830. The largest absolute Gasteiger partial charge is 0.346 e. The first-order chi connectivity index (χ1) is 6.31. The third-order valence-electron chi connectivity index (χ3n) is 2.10. The van der Waals surface area contributed by atoms with Crippen LogP contribution in [0.3, 0.4) is 0 Å². The SMILES string of the molecule is CCCc1c[nH]c2ncc(Br)cc12. The van der Waals surface area contributed by atoms with Crippen LogP contribution in [0.1, 0.15) is 18.9 Å². The van der Waals surface area contributed by atoms with Crippen LogP contribution in [0.5, 0.6) is 0 Å². The number of hydrogen-bond donors (Lipinski definition) is 1. The van der Waals surface area contributed by atoms with Crippen LogP contribution >= 0.6 is 15.9 Å². The molecule has 0 aliphatic carbocycles. The van der Waals surface area contributed by atoms with Gasteiger partial charge in [0.1, 0.15) is 5.65 Å². The lowest BCUT2D eigenvalue weighted by atomic mass is 10.1. The zero-order valence-electron chi connectivity index (χ0n) is 7.47. The van der Waals surface area contributed by atoms with E-state index in [4.69, 9.17) is 0 Å². The van der Waals surface area contributed by atoms with E-state index < -0.39 is 0 Å². The van der Waals surface area contributed by atoms with Crippen molar-refractivity contribution >= 4 is 27.0 Å². The lowest BCUT2D eigenvalue weighted by Crippen LogP contribution is -1.80. The van der Waals surface area contributed by atoms with Gasteiger partial charge < -0.3 is 4.98 Å². The molecule has 0 saturated heterocycles. The Labute approximate surface area is 85.5 Å². The minimum absolute atomic E-state index is 0.978. The predicted molar refractivity (Wildman–Crippen MR) is 57.8 cm³/mol. The molecular weight excluding hydrogens is 228 g/mol. The van der Waals surface area contributed by atoms with E-state index in [-0.39, 0.29) is 0 Å². The van der Waals surface area contributed by atoms with Crippen molar-refractivity contribution in [2.24, 2.45) is 0 Å². The van der Waals surface area contributed by atoms with Gasteiger partial charge in [-0.3, -0.25) is 0 Å². The standard InChI is InChI=1S/C10H11BrN2/c1-2-3-7-5-12-10-9(7)4-8(11)6-13-10/h4-6H,2-3H2,1H3,(H,12,13). The van der Waals surface area contributed by atoms with E-state index in [0.29, 0.717) is 0 Å². The highest BCUT2D eigenvalue weighted by molar-refractivity contribution is 9.10. The number of H-pyrrole nitrogens is 1. The molecular formula is C10H11BrN2. The molecule has 0 unspecified atom stereocenters. The van der Waals surface area contributed by atoms with Crippen molar-refractivity contribution in [1.29, 1.82) is 0 Å². The van der Waals surface area contributed by atoms with E-state index in [1.165, 1.54) is 17.4 Å². The van der Waals surface area contributed by atoms with Crippen LogP contribution < -0.4 is 0 Å². The Morgan fingerprint density at radius 3 is 3.15 bits per heavy atom. The molecule has 13 heavy (non-hydrogen) atoms. The van der Waals surface area contributed by atoms with Crippen molar-refractivity contribution < 1.29 is 0 Å². The van der Waals surface area contributed by atoms with Gasteiger partial charge in [0.25, 0.3) is 0 Å². The molecule has 2 aromatic heterocycles. The van der Waals surface area contributed by atoms with Crippen molar-refractivity contribution in [2.75, 3.05) is 0 Å². The number of fused-ring (bicyclic) bond motifs is 1. The number of aryl methyl sites for hydroxylation is 1. The Morgan fingerprint density at radius 1 is 1.54 bits per heavy atom. The Morgan fingerprint density at radius 2 is 2.38 bits per heavy atom. The second kappa shape index (κ2) is 3.50. The molecule has 0 fully saturated rings. The molecule has 0 atom stereocenters. The summed E-state index contributed by atoms with van der Waals surface area (Å²) in [5, 5.41) is 1.23. The fourth-order valence-electron chi connectivity index (χ4n) is 1.51. The first-order valence-corrected chi connectivity index (χ1v) is 5.22. The highest BCUT2D eigenvalue weighted by Crippen LogP contribution is 2.21. The van der Waals surface area contributed by atoms with Gasteiger partial charge in [-0.15, -0.1) is 0 Å². The minimum Gasteiger partial charge on any atom is -0.346 e. The van der Waals surface area contributed by atoms with Crippen molar-refractivity contribution in [1.82, 2.24) is 9.97 Å². The number of halogens is 1. The van der Waals surface area contributed by atoms with Crippen LogP contribution in [0.4, 0.5) is 0 Å². The van der Waals surface area contributed by atoms with Gasteiger partial charge in [-0.2, -0.15) is 0 Å². The van der Waals surface area contributed by atoms with E-state index in [9.17, 15) is 0 Å². The van der Waals surface area contributed by atoms with Crippen LogP contribution in [0.25, 0.3) is 11.0 Å². The summed E-state index contributed by atoms with van der Waals surface area (Å²) < 4.78 is 1.04.